The van der Waals surface area contributed by atoms with Gasteiger partial charge < -0.3 is 15.4 Å². The van der Waals surface area contributed by atoms with Crippen LogP contribution in [-0.2, 0) is 6.42 Å². The number of amides is 1. The molecule has 0 spiro atoms. The maximum atomic E-state index is 12.4. The van der Waals surface area contributed by atoms with Crippen molar-refractivity contribution in [3.05, 3.63) is 53.6 Å². The molecule has 1 aliphatic rings. The number of anilines is 2. The largest absolute Gasteiger partial charge is 0.497 e. The van der Waals surface area contributed by atoms with Crippen molar-refractivity contribution in [1.82, 2.24) is 0 Å². The van der Waals surface area contributed by atoms with E-state index in [1.807, 2.05) is 24.3 Å². The van der Waals surface area contributed by atoms with Gasteiger partial charge in [-0.25, -0.2) is 0 Å². The number of carbonyl (C=O) groups excluding carboxylic acids is 1. The number of nitrogens with one attached hydrogen (secondary N) is 2. The van der Waals surface area contributed by atoms with Gasteiger partial charge in [0.2, 0.25) is 0 Å². The fourth-order valence-electron chi connectivity index (χ4n) is 2.59. The molecule has 0 unspecified atom stereocenters. The molecule has 1 heterocycles. The summed E-state index contributed by atoms with van der Waals surface area (Å²) < 4.78 is 5.16. The summed E-state index contributed by atoms with van der Waals surface area (Å²) in [4.78, 5) is 12.4. The zero-order chi connectivity index (χ0) is 14.7. The van der Waals surface area contributed by atoms with E-state index in [1.165, 1.54) is 5.56 Å². The minimum absolute atomic E-state index is 0.118. The van der Waals surface area contributed by atoms with Crippen molar-refractivity contribution in [2.45, 2.75) is 12.8 Å². The van der Waals surface area contributed by atoms with Crippen LogP contribution in [-0.4, -0.2) is 19.6 Å². The number of fused-ring (bicyclic) bond motifs is 1. The maximum absolute atomic E-state index is 12.4. The molecule has 0 saturated heterocycles. The summed E-state index contributed by atoms with van der Waals surface area (Å²) in [5.74, 6) is 0.562. The molecule has 4 heteroatoms. The lowest BCUT2D eigenvalue weighted by molar-refractivity contribution is 0.102. The number of benzene rings is 2. The molecular weight excluding hydrogens is 264 g/mol. The van der Waals surface area contributed by atoms with Crippen LogP contribution in [0.3, 0.4) is 0 Å². The zero-order valence-corrected chi connectivity index (χ0v) is 12.0. The molecule has 21 heavy (non-hydrogen) atoms. The Balaban J connectivity index is 1.84. The number of hydrogen-bond acceptors (Lipinski definition) is 3. The molecule has 0 fully saturated rings. The second kappa shape index (κ2) is 5.87. The van der Waals surface area contributed by atoms with Gasteiger partial charge in [0.25, 0.3) is 5.91 Å². The number of methoxy groups -OCH3 is 1. The third kappa shape index (κ3) is 2.84. The van der Waals surface area contributed by atoms with Crippen molar-refractivity contribution in [3.63, 3.8) is 0 Å². The van der Waals surface area contributed by atoms with Crippen LogP contribution in [0, 0.1) is 0 Å². The minimum atomic E-state index is -0.118. The van der Waals surface area contributed by atoms with Crippen LogP contribution in [0.2, 0.25) is 0 Å². The van der Waals surface area contributed by atoms with Gasteiger partial charge in [0.05, 0.1) is 7.11 Å². The Morgan fingerprint density at radius 2 is 2.10 bits per heavy atom. The van der Waals surface area contributed by atoms with Crippen molar-refractivity contribution in [2.24, 2.45) is 0 Å². The molecule has 0 aliphatic carbocycles. The van der Waals surface area contributed by atoms with Crippen LogP contribution < -0.4 is 15.4 Å². The normalized spacial score (nSPS) is 13.0. The first kappa shape index (κ1) is 13.5. The first-order valence-corrected chi connectivity index (χ1v) is 7.09. The van der Waals surface area contributed by atoms with Gasteiger partial charge in [-0.05, 0) is 48.7 Å². The van der Waals surface area contributed by atoms with Crippen molar-refractivity contribution >= 4 is 17.3 Å². The van der Waals surface area contributed by atoms with E-state index in [0.29, 0.717) is 11.3 Å². The van der Waals surface area contributed by atoms with Crippen molar-refractivity contribution in [3.8, 4) is 5.75 Å². The number of carbonyl (C=O) groups is 1. The molecular formula is C17H18N2O2. The highest BCUT2D eigenvalue weighted by molar-refractivity contribution is 6.05. The Morgan fingerprint density at radius 3 is 2.95 bits per heavy atom. The molecule has 0 atom stereocenters. The molecule has 3 rings (SSSR count). The zero-order valence-electron chi connectivity index (χ0n) is 12.0. The second-order valence-corrected chi connectivity index (χ2v) is 5.05. The third-order valence-corrected chi connectivity index (χ3v) is 3.68. The summed E-state index contributed by atoms with van der Waals surface area (Å²) in [6.45, 7) is 0.986. The maximum Gasteiger partial charge on any atom is 0.255 e. The van der Waals surface area contributed by atoms with Gasteiger partial charge in [-0.2, -0.15) is 0 Å². The standard InChI is InChI=1S/C17H18N2O2/c1-21-13-6-2-5-12(11-13)17(20)19-16-9-3-8-15-14(16)7-4-10-18-15/h2-3,5-6,8-9,11,18H,4,7,10H2,1H3,(H,19,20). The Kier molecular flexibility index (Phi) is 3.77. The van der Waals surface area contributed by atoms with E-state index < -0.39 is 0 Å². The number of ether oxygens (including phenoxy) is 1. The molecule has 0 radical (unpaired) electrons. The lowest BCUT2D eigenvalue weighted by atomic mass is 10.0. The lowest BCUT2D eigenvalue weighted by Gasteiger charge is -2.21. The van der Waals surface area contributed by atoms with Gasteiger partial charge in [0.1, 0.15) is 5.75 Å². The molecule has 1 aliphatic heterocycles. The molecule has 2 aromatic rings. The second-order valence-electron chi connectivity index (χ2n) is 5.05. The van der Waals surface area contributed by atoms with E-state index in [9.17, 15) is 4.79 Å². The van der Waals surface area contributed by atoms with Gasteiger partial charge in [-0.3, -0.25) is 4.79 Å². The Morgan fingerprint density at radius 1 is 1.24 bits per heavy atom. The van der Waals surface area contributed by atoms with E-state index in [2.05, 4.69) is 16.7 Å². The monoisotopic (exact) mass is 282 g/mol. The molecule has 2 N–H and O–H groups in total. The van der Waals surface area contributed by atoms with E-state index >= 15 is 0 Å². The summed E-state index contributed by atoms with van der Waals surface area (Å²) in [5, 5.41) is 6.37. The topological polar surface area (TPSA) is 50.4 Å². The van der Waals surface area contributed by atoms with Crippen LogP contribution in [0.4, 0.5) is 11.4 Å². The van der Waals surface area contributed by atoms with Crippen LogP contribution in [0.25, 0.3) is 0 Å². The van der Waals surface area contributed by atoms with E-state index in [0.717, 1.165) is 30.8 Å². The van der Waals surface area contributed by atoms with E-state index in [1.54, 1.807) is 19.2 Å². The van der Waals surface area contributed by atoms with Gasteiger partial charge in [-0.1, -0.05) is 12.1 Å². The highest BCUT2D eigenvalue weighted by atomic mass is 16.5. The fraction of sp³-hybridized carbons (Fsp3) is 0.235. The number of hydrogen-bond donors (Lipinski definition) is 2. The first-order chi connectivity index (χ1) is 10.3. The van der Waals surface area contributed by atoms with Crippen LogP contribution >= 0.6 is 0 Å². The summed E-state index contributed by atoms with van der Waals surface area (Å²) in [5.41, 5.74) is 3.77. The molecule has 0 bridgehead atoms. The number of rotatable bonds is 3. The van der Waals surface area contributed by atoms with Crippen molar-refractivity contribution in [1.29, 1.82) is 0 Å². The highest BCUT2D eigenvalue weighted by Gasteiger charge is 2.15. The predicted octanol–water partition coefficient (Wildman–Crippen LogP) is 3.31. The Bertz CT molecular complexity index is 668. The predicted molar refractivity (Wildman–Crippen MR) is 84.2 cm³/mol. The summed E-state index contributed by atoms with van der Waals surface area (Å²) in [6.07, 6.45) is 2.07. The Labute approximate surface area is 124 Å². The van der Waals surface area contributed by atoms with Crippen LogP contribution in [0.15, 0.2) is 42.5 Å². The lowest BCUT2D eigenvalue weighted by Crippen LogP contribution is -2.17. The molecule has 0 saturated carbocycles. The molecule has 0 aromatic heterocycles. The Hall–Kier alpha value is -2.49. The third-order valence-electron chi connectivity index (χ3n) is 3.68. The molecule has 4 nitrogen and oxygen atoms in total. The van der Waals surface area contributed by atoms with E-state index in [-0.39, 0.29) is 5.91 Å². The average Bonchev–Trinajstić information content (AvgIpc) is 2.55. The smallest absolute Gasteiger partial charge is 0.255 e. The van der Waals surface area contributed by atoms with Gasteiger partial charge in [0.15, 0.2) is 0 Å². The van der Waals surface area contributed by atoms with Crippen molar-refractivity contribution in [2.75, 3.05) is 24.3 Å². The van der Waals surface area contributed by atoms with Crippen LogP contribution in [0.5, 0.6) is 5.75 Å². The van der Waals surface area contributed by atoms with Crippen LogP contribution in [0.1, 0.15) is 22.3 Å². The van der Waals surface area contributed by atoms with E-state index in [4.69, 9.17) is 4.74 Å². The summed E-state index contributed by atoms with van der Waals surface area (Å²) in [6, 6.07) is 13.1. The molecule has 2 aromatic carbocycles. The molecule has 1 amide bonds. The van der Waals surface area contributed by atoms with Gasteiger partial charge in [0, 0.05) is 23.5 Å². The minimum Gasteiger partial charge on any atom is -0.497 e. The van der Waals surface area contributed by atoms with Crippen molar-refractivity contribution < 1.29 is 9.53 Å². The molecule has 108 valence electrons. The summed E-state index contributed by atoms with van der Waals surface area (Å²) >= 11 is 0. The quantitative estimate of drug-likeness (QED) is 0.908. The fourth-order valence-corrected chi connectivity index (χ4v) is 2.59. The average molecular weight is 282 g/mol. The first-order valence-electron chi connectivity index (χ1n) is 7.09. The summed E-state index contributed by atoms with van der Waals surface area (Å²) in [7, 11) is 1.59. The van der Waals surface area contributed by atoms with Gasteiger partial charge in [-0.15, -0.1) is 0 Å². The van der Waals surface area contributed by atoms with Gasteiger partial charge >= 0.3 is 0 Å². The highest BCUT2D eigenvalue weighted by Crippen LogP contribution is 2.29. The SMILES string of the molecule is COc1cccc(C(=O)Nc2cccc3c2CCCN3)c1.